The monoisotopic (exact) mass is 316 g/mol. The van der Waals surface area contributed by atoms with Crippen molar-refractivity contribution in [3.8, 4) is 0 Å². The van der Waals surface area contributed by atoms with Gasteiger partial charge in [-0.05, 0) is 50.2 Å². The van der Waals surface area contributed by atoms with Gasteiger partial charge in [0.25, 0.3) is 0 Å². The van der Waals surface area contributed by atoms with E-state index in [-0.39, 0.29) is 12.1 Å². The standard InChI is InChI=1S/C18H24N2O3/c1-12-5-3-4-6-15(12)13-9-14(10-13)19-17(23)20-8-7-18(2,11-20)16(21)22/h3-6,13-14H,7-11H2,1-2H3,(H,19,23)(H,21,22). The average molecular weight is 316 g/mol. The number of urea groups is 1. The van der Waals surface area contributed by atoms with E-state index in [1.165, 1.54) is 11.1 Å². The summed E-state index contributed by atoms with van der Waals surface area (Å²) in [6.45, 7) is 4.64. The highest BCUT2D eigenvalue weighted by atomic mass is 16.4. The first-order chi connectivity index (χ1) is 10.9. The van der Waals surface area contributed by atoms with Crippen LogP contribution in [0.4, 0.5) is 4.79 Å². The number of amides is 2. The molecule has 1 heterocycles. The van der Waals surface area contributed by atoms with Crippen molar-refractivity contribution in [1.82, 2.24) is 10.2 Å². The van der Waals surface area contributed by atoms with Crippen molar-refractivity contribution in [1.29, 1.82) is 0 Å². The third-order valence-electron chi connectivity index (χ3n) is 5.37. The molecule has 2 aliphatic rings. The van der Waals surface area contributed by atoms with Gasteiger partial charge in [0.05, 0.1) is 5.41 Å². The lowest BCUT2D eigenvalue weighted by Gasteiger charge is -2.37. The van der Waals surface area contributed by atoms with Crippen molar-refractivity contribution in [2.75, 3.05) is 13.1 Å². The van der Waals surface area contributed by atoms with E-state index in [4.69, 9.17) is 0 Å². The van der Waals surface area contributed by atoms with Crippen molar-refractivity contribution < 1.29 is 14.7 Å². The van der Waals surface area contributed by atoms with E-state index in [0.717, 1.165) is 12.8 Å². The number of carbonyl (C=O) groups excluding carboxylic acids is 1. The number of rotatable bonds is 3. The zero-order valence-electron chi connectivity index (χ0n) is 13.7. The number of hydrogen-bond acceptors (Lipinski definition) is 2. The lowest BCUT2D eigenvalue weighted by atomic mass is 9.74. The summed E-state index contributed by atoms with van der Waals surface area (Å²) in [4.78, 5) is 25.2. The molecule has 1 unspecified atom stereocenters. The summed E-state index contributed by atoms with van der Waals surface area (Å²) in [7, 11) is 0. The predicted molar refractivity (Wildman–Crippen MR) is 87.4 cm³/mol. The Morgan fingerprint density at radius 1 is 1.30 bits per heavy atom. The van der Waals surface area contributed by atoms with Gasteiger partial charge in [-0.1, -0.05) is 24.3 Å². The van der Waals surface area contributed by atoms with E-state index < -0.39 is 11.4 Å². The maximum absolute atomic E-state index is 12.3. The first-order valence-corrected chi connectivity index (χ1v) is 8.23. The fourth-order valence-corrected chi connectivity index (χ4v) is 3.61. The number of aliphatic carboxylic acids is 1. The molecule has 5 nitrogen and oxygen atoms in total. The highest BCUT2D eigenvalue weighted by molar-refractivity contribution is 5.79. The Morgan fingerprint density at radius 3 is 2.61 bits per heavy atom. The smallest absolute Gasteiger partial charge is 0.317 e. The molecule has 0 radical (unpaired) electrons. The molecule has 124 valence electrons. The van der Waals surface area contributed by atoms with E-state index in [1.54, 1.807) is 11.8 Å². The Hall–Kier alpha value is -2.04. The Bertz CT molecular complexity index is 624. The fraction of sp³-hybridized carbons (Fsp3) is 0.556. The predicted octanol–water partition coefficient (Wildman–Crippen LogP) is 2.75. The van der Waals surface area contributed by atoms with E-state index in [0.29, 0.717) is 25.4 Å². The Balaban J connectivity index is 1.50. The number of nitrogens with one attached hydrogen (secondary N) is 1. The third kappa shape index (κ3) is 3.05. The molecule has 1 atom stereocenters. The molecule has 0 bridgehead atoms. The summed E-state index contributed by atoms with van der Waals surface area (Å²) < 4.78 is 0. The quantitative estimate of drug-likeness (QED) is 0.901. The summed E-state index contributed by atoms with van der Waals surface area (Å²) in [5.41, 5.74) is 1.87. The second-order valence-electron chi connectivity index (χ2n) is 7.21. The van der Waals surface area contributed by atoms with Crippen LogP contribution in [0.15, 0.2) is 24.3 Å². The molecule has 3 rings (SSSR count). The third-order valence-corrected chi connectivity index (χ3v) is 5.37. The van der Waals surface area contributed by atoms with Gasteiger partial charge in [0, 0.05) is 19.1 Å². The molecule has 1 saturated heterocycles. The molecule has 1 aliphatic heterocycles. The van der Waals surface area contributed by atoms with Gasteiger partial charge in [0.1, 0.15) is 0 Å². The van der Waals surface area contributed by atoms with Crippen LogP contribution in [0.1, 0.15) is 43.2 Å². The van der Waals surface area contributed by atoms with Crippen LogP contribution in [-0.2, 0) is 4.79 Å². The molecule has 2 amide bonds. The number of nitrogens with zero attached hydrogens (tertiary/aromatic N) is 1. The van der Waals surface area contributed by atoms with Crippen LogP contribution in [-0.4, -0.2) is 41.1 Å². The Kier molecular flexibility index (Phi) is 4.04. The molecule has 0 aromatic heterocycles. The summed E-state index contributed by atoms with van der Waals surface area (Å²) in [6.07, 6.45) is 2.44. The van der Waals surface area contributed by atoms with E-state index >= 15 is 0 Å². The number of benzene rings is 1. The minimum Gasteiger partial charge on any atom is -0.481 e. The second-order valence-corrected chi connectivity index (χ2v) is 7.21. The highest BCUT2D eigenvalue weighted by Gasteiger charge is 2.43. The molecule has 5 heteroatoms. The van der Waals surface area contributed by atoms with Gasteiger partial charge in [-0.2, -0.15) is 0 Å². The Labute approximate surface area is 136 Å². The van der Waals surface area contributed by atoms with Crippen LogP contribution >= 0.6 is 0 Å². The van der Waals surface area contributed by atoms with Gasteiger partial charge in [-0.3, -0.25) is 4.79 Å². The molecule has 1 aliphatic carbocycles. The maximum Gasteiger partial charge on any atom is 0.317 e. The number of carbonyl (C=O) groups is 2. The van der Waals surface area contributed by atoms with Crippen LogP contribution in [0.25, 0.3) is 0 Å². The normalized spacial score (nSPS) is 29.9. The summed E-state index contributed by atoms with van der Waals surface area (Å²) in [5.74, 6) is -0.305. The molecule has 0 spiro atoms. The number of carboxylic acid groups (broad SMARTS) is 1. The molecular weight excluding hydrogens is 292 g/mol. The molecule has 1 aromatic rings. The highest BCUT2D eigenvalue weighted by Crippen LogP contribution is 2.38. The van der Waals surface area contributed by atoms with Crippen LogP contribution in [0.3, 0.4) is 0 Å². The number of aryl methyl sites for hydroxylation is 1. The first-order valence-electron chi connectivity index (χ1n) is 8.23. The van der Waals surface area contributed by atoms with Gasteiger partial charge in [0.2, 0.25) is 0 Å². The average Bonchev–Trinajstić information content (AvgIpc) is 2.87. The molecule has 2 N–H and O–H groups in total. The molecule has 23 heavy (non-hydrogen) atoms. The zero-order chi connectivity index (χ0) is 16.6. The van der Waals surface area contributed by atoms with Crippen LogP contribution in [0.5, 0.6) is 0 Å². The minimum absolute atomic E-state index is 0.122. The maximum atomic E-state index is 12.3. The molecule has 1 saturated carbocycles. The molecule has 1 aromatic carbocycles. The van der Waals surface area contributed by atoms with Crippen molar-refractivity contribution >= 4 is 12.0 Å². The van der Waals surface area contributed by atoms with Gasteiger partial charge >= 0.3 is 12.0 Å². The van der Waals surface area contributed by atoms with Gasteiger partial charge < -0.3 is 15.3 Å². The first kappa shape index (κ1) is 15.8. The van der Waals surface area contributed by atoms with Crippen molar-refractivity contribution in [2.24, 2.45) is 5.41 Å². The molecular formula is C18H24N2O3. The number of carboxylic acids is 1. The van der Waals surface area contributed by atoms with E-state index in [1.807, 2.05) is 6.07 Å². The minimum atomic E-state index is -0.823. The summed E-state index contributed by atoms with van der Waals surface area (Å²) in [5, 5.41) is 12.3. The van der Waals surface area contributed by atoms with Crippen molar-refractivity contribution in [2.45, 2.75) is 45.1 Å². The zero-order valence-corrected chi connectivity index (χ0v) is 13.7. The second kappa shape index (κ2) is 5.87. The summed E-state index contributed by atoms with van der Waals surface area (Å²) in [6, 6.07) is 8.47. The SMILES string of the molecule is Cc1ccccc1C1CC(NC(=O)N2CCC(C)(C(=O)O)C2)C1. The van der Waals surface area contributed by atoms with Crippen molar-refractivity contribution in [3.05, 3.63) is 35.4 Å². The largest absolute Gasteiger partial charge is 0.481 e. The van der Waals surface area contributed by atoms with Crippen LogP contribution in [0.2, 0.25) is 0 Å². The van der Waals surface area contributed by atoms with E-state index in [2.05, 4.69) is 30.4 Å². The van der Waals surface area contributed by atoms with Crippen LogP contribution < -0.4 is 5.32 Å². The van der Waals surface area contributed by atoms with Gasteiger partial charge in [-0.15, -0.1) is 0 Å². The van der Waals surface area contributed by atoms with Gasteiger partial charge in [0.15, 0.2) is 0 Å². The number of likely N-dealkylation sites (tertiary alicyclic amines) is 1. The van der Waals surface area contributed by atoms with Gasteiger partial charge in [-0.25, -0.2) is 4.79 Å². The van der Waals surface area contributed by atoms with Crippen LogP contribution in [0, 0.1) is 12.3 Å². The number of hydrogen-bond donors (Lipinski definition) is 2. The van der Waals surface area contributed by atoms with E-state index in [9.17, 15) is 14.7 Å². The topological polar surface area (TPSA) is 69.6 Å². The lowest BCUT2D eigenvalue weighted by Crippen LogP contribution is -2.49. The Morgan fingerprint density at radius 2 is 2.00 bits per heavy atom. The lowest BCUT2D eigenvalue weighted by molar-refractivity contribution is -0.147. The fourth-order valence-electron chi connectivity index (χ4n) is 3.61. The summed E-state index contributed by atoms with van der Waals surface area (Å²) >= 11 is 0. The molecule has 2 fully saturated rings. The van der Waals surface area contributed by atoms with Crippen molar-refractivity contribution in [3.63, 3.8) is 0 Å².